The van der Waals surface area contributed by atoms with Crippen LogP contribution in [-0.2, 0) is 4.79 Å². The van der Waals surface area contributed by atoms with Crippen LogP contribution in [0, 0.1) is 39.9 Å². The van der Waals surface area contributed by atoms with Crippen LogP contribution in [-0.4, -0.2) is 17.7 Å². The molecule has 22 heavy (non-hydrogen) atoms. The Balaban J connectivity index is 1.66. The normalized spacial score (nSPS) is 54.6. The van der Waals surface area contributed by atoms with E-state index in [0.717, 1.165) is 44.2 Å². The molecule has 4 fully saturated rings. The van der Waals surface area contributed by atoms with Crippen LogP contribution in [0.2, 0.25) is 0 Å². The first kappa shape index (κ1) is 14.8. The second kappa shape index (κ2) is 4.64. The highest BCUT2D eigenvalue weighted by molar-refractivity contribution is 5.91. The third-order valence-corrected chi connectivity index (χ3v) is 8.22. The number of nitrogens with one attached hydrogen (secondary N) is 1. The highest BCUT2D eigenvalue weighted by atomic mass is 19.1. The Bertz CT molecular complexity index is 532. The first-order valence-corrected chi connectivity index (χ1v) is 9.11. The third kappa shape index (κ3) is 1.77. The lowest BCUT2D eigenvalue weighted by atomic mass is 9.45. The number of Topliss-reactive ketones (excluding diaryl/α,β-unsaturated/α-hetero) is 1. The largest absolute Gasteiger partial charge is 0.310 e. The molecule has 0 radical (unpaired) electrons. The SMILES string of the molecule is C[C@]12CCC(=N)CC1CCC1C2CC[C@]2(C)C(=O)C(F)CC12. The van der Waals surface area contributed by atoms with Crippen LogP contribution in [0.5, 0.6) is 0 Å². The number of halogens is 1. The molecule has 2 nitrogen and oxygen atoms in total. The second-order valence-corrected chi connectivity index (χ2v) is 8.99. The molecule has 4 rings (SSSR count). The van der Waals surface area contributed by atoms with Crippen molar-refractivity contribution in [1.82, 2.24) is 0 Å². The van der Waals surface area contributed by atoms with Gasteiger partial charge in [0.25, 0.3) is 0 Å². The van der Waals surface area contributed by atoms with Gasteiger partial charge in [-0.3, -0.25) is 4.79 Å². The number of carbonyl (C=O) groups is 1. The molecule has 0 aliphatic heterocycles. The van der Waals surface area contributed by atoms with Crippen LogP contribution in [0.25, 0.3) is 0 Å². The average Bonchev–Trinajstić information content (AvgIpc) is 2.72. The summed E-state index contributed by atoms with van der Waals surface area (Å²) in [6, 6.07) is 0. The van der Waals surface area contributed by atoms with E-state index in [4.69, 9.17) is 5.41 Å². The molecule has 7 atom stereocenters. The van der Waals surface area contributed by atoms with Gasteiger partial charge >= 0.3 is 0 Å². The van der Waals surface area contributed by atoms with E-state index in [-0.39, 0.29) is 17.1 Å². The smallest absolute Gasteiger partial charge is 0.173 e. The van der Waals surface area contributed by atoms with Crippen molar-refractivity contribution in [2.45, 2.75) is 71.4 Å². The summed E-state index contributed by atoms with van der Waals surface area (Å²) in [5.41, 5.74) is 0.874. The summed E-state index contributed by atoms with van der Waals surface area (Å²) in [6.45, 7) is 4.48. The molecule has 3 heteroatoms. The molecule has 0 aromatic rings. The maximum atomic E-state index is 14.1. The van der Waals surface area contributed by atoms with E-state index in [1.54, 1.807) is 0 Å². The maximum Gasteiger partial charge on any atom is 0.173 e. The number of alkyl halides is 1. The Labute approximate surface area is 132 Å². The van der Waals surface area contributed by atoms with Crippen molar-refractivity contribution < 1.29 is 9.18 Å². The van der Waals surface area contributed by atoms with Gasteiger partial charge in [-0.2, -0.15) is 0 Å². The molecule has 0 amide bonds. The highest BCUT2D eigenvalue weighted by Crippen LogP contribution is 2.65. The Morgan fingerprint density at radius 3 is 2.68 bits per heavy atom. The van der Waals surface area contributed by atoms with E-state index in [9.17, 15) is 9.18 Å². The lowest BCUT2D eigenvalue weighted by Gasteiger charge is -2.59. The van der Waals surface area contributed by atoms with E-state index in [2.05, 4.69) is 6.92 Å². The zero-order valence-corrected chi connectivity index (χ0v) is 13.8. The van der Waals surface area contributed by atoms with Gasteiger partial charge in [0.05, 0.1) is 0 Å². The summed E-state index contributed by atoms with van der Waals surface area (Å²) in [6.07, 6.45) is 6.64. The standard InChI is InChI=1S/C19H28FNO/c1-18-7-5-12(21)9-11(18)3-4-13-14(18)6-8-19(2)15(13)10-16(20)17(19)22/h11,13-16,21H,3-10H2,1-2H3/t11?,13?,14?,15?,16?,18-,19-/m0/s1. The highest BCUT2D eigenvalue weighted by Gasteiger charge is 2.62. The van der Waals surface area contributed by atoms with E-state index >= 15 is 0 Å². The van der Waals surface area contributed by atoms with Gasteiger partial charge in [0, 0.05) is 11.1 Å². The summed E-state index contributed by atoms with van der Waals surface area (Å²) >= 11 is 0. The Morgan fingerprint density at radius 1 is 1.14 bits per heavy atom. The predicted octanol–water partition coefficient (Wildman–Crippen LogP) is 4.57. The molecule has 122 valence electrons. The van der Waals surface area contributed by atoms with Gasteiger partial charge in [-0.1, -0.05) is 13.8 Å². The van der Waals surface area contributed by atoms with Gasteiger partial charge in [0.2, 0.25) is 0 Å². The van der Waals surface area contributed by atoms with Gasteiger partial charge in [-0.05, 0) is 80.5 Å². The molecule has 0 heterocycles. The molecule has 4 aliphatic carbocycles. The molecule has 4 saturated carbocycles. The minimum Gasteiger partial charge on any atom is -0.310 e. The first-order valence-electron chi connectivity index (χ1n) is 9.11. The van der Waals surface area contributed by atoms with Gasteiger partial charge in [0.1, 0.15) is 0 Å². The molecule has 0 saturated heterocycles. The molecular formula is C19H28FNO. The van der Waals surface area contributed by atoms with Crippen LogP contribution in [0.3, 0.4) is 0 Å². The van der Waals surface area contributed by atoms with Gasteiger partial charge in [0.15, 0.2) is 12.0 Å². The van der Waals surface area contributed by atoms with Crippen LogP contribution >= 0.6 is 0 Å². The number of fused-ring (bicyclic) bond motifs is 5. The fraction of sp³-hybridized carbons (Fsp3) is 0.895. The van der Waals surface area contributed by atoms with Crippen molar-refractivity contribution in [2.75, 3.05) is 0 Å². The first-order chi connectivity index (χ1) is 10.4. The summed E-state index contributed by atoms with van der Waals surface area (Å²) < 4.78 is 14.1. The van der Waals surface area contributed by atoms with Crippen LogP contribution < -0.4 is 0 Å². The van der Waals surface area contributed by atoms with Crippen molar-refractivity contribution in [2.24, 2.45) is 34.5 Å². The quantitative estimate of drug-likeness (QED) is 0.700. The summed E-state index contributed by atoms with van der Waals surface area (Å²) in [7, 11) is 0. The topological polar surface area (TPSA) is 40.9 Å². The second-order valence-electron chi connectivity index (χ2n) is 8.99. The Kier molecular flexibility index (Phi) is 3.13. The van der Waals surface area contributed by atoms with Gasteiger partial charge < -0.3 is 5.41 Å². The predicted molar refractivity (Wildman–Crippen MR) is 84.7 cm³/mol. The minimum absolute atomic E-state index is 0.103. The lowest BCUT2D eigenvalue weighted by Crippen LogP contribution is -2.53. The van der Waals surface area contributed by atoms with Crippen molar-refractivity contribution in [3.05, 3.63) is 0 Å². The molecule has 4 aliphatic rings. The Hall–Kier alpha value is -0.730. The fourth-order valence-electron chi connectivity index (χ4n) is 6.83. The Morgan fingerprint density at radius 2 is 1.91 bits per heavy atom. The number of carbonyl (C=O) groups excluding carboxylic acids is 1. The molecule has 5 unspecified atom stereocenters. The molecular weight excluding hydrogens is 277 g/mol. The number of hydrogen-bond donors (Lipinski definition) is 1. The maximum absolute atomic E-state index is 14.1. The van der Waals surface area contributed by atoms with E-state index < -0.39 is 6.17 Å². The molecule has 0 aromatic carbocycles. The van der Waals surface area contributed by atoms with Crippen molar-refractivity contribution >= 4 is 11.5 Å². The van der Waals surface area contributed by atoms with E-state index in [1.165, 1.54) is 6.42 Å². The molecule has 0 aromatic heterocycles. The number of rotatable bonds is 0. The van der Waals surface area contributed by atoms with Gasteiger partial charge in [-0.15, -0.1) is 0 Å². The zero-order valence-electron chi connectivity index (χ0n) is 13.8. The van der Waals surface area contributed by atoms with E-state index in [1.807, 2.05) is 6.92 Å². The summed E-state index contributed by atoms with van der Waals surface area (Å²) in [5, 5.41) is 8.04. The van der Waals surface area contributed by atoms with Crippen molar-refractivity contribution in [1.29, 1.82) is 5.41 Å². The molecule has 0 spiro atoms. The fourth-order valence-corrected chi connectivity index (χ4v) is 6.83. The lowest BCUT2D eigenvalue weighted by molar-refractivity contribution is -0.138. The number of hydrogen-bond acceptors (Lipinski definition) is 2. The summed E-state index contributed by atoms with van der Waals surface area (Å²) in [5.74, 6) is 2.01. The van der Waals surface area contributed by atoms with Crippen LogP contribution in [0.1, 0.15) is 65.2 Å². The third-order valence-electron chi connectivity index (χ3n) is 8.22. The summed E-state index contributed by atoms with van der Waals surface area (Å²) in [4.78, 5) is 12.3. The average molecular weight is 305 g/mol. The molecule has 1 N–H and O–H groups in total. The monoisotopic (exact) mass is 305 g/mol. The molecule has 0 bridgehead atoms. The van der Waals surface area contributed by atoms with Crippen LogP contribution in [0.15, 0.2) is 0 Å². The van der Waals surface area contributed by atoms with Crippen LogP contribution in [0.4, 0.5) is 4.39 Å². The van der Waals surface area contributed by atoms with Crippen molar-refractivity contribution in [3.8, 4) is 0 Å². The zero-order chi connectivity index (χ0) is 15.7. The van der Waals surface area contributed by atoms with E-state index in [0.29, 0.717) is 29.6 Å². The van der Waals surface area contributed by atoms with Gasteiger partial charge in [-0.25, -0.2) is 4.39 Å². The minimum atomic E-state index is -1.21. The number of ketones is 1. The van der Waals surface area contributed by atoms with Crippen molar-refractivity contribution in [3.63, 3.8) is 0 Å².